The van der Waals surface area contributed by atoms with Gasteiger partial charge in [0.2, 0.25) is 0 Å². The summed E-state index contributed by atoms with van der Waals surface area (Å²) in [6.45, 7) is 4.52. The van der Waals surface area contributed by atoms with Gasteiger partial charge in [-0.1, -0.05) is 24.3 Å². The van der Waals surface area contributed by atoms with Crippen LogP contribution in [0.4, 0.5) is 0 Å². The molecule has 1 heterocycles. The molecule has 1 unspecified atom stereocenters. The van der Waals surface area contributed by atoms with Gasteiger partial charge in [0.1, 0.15) is 17.4 Å². The fourth-order valence-corrected chi connectivity index (χ4v) is 3.12. The molecule has 0 bridgehead atoms. The summed E-state index contributed by atoms with van der Waals surface area (Å²) in [5, 5.41) is 0.992. The Morgan fingerprint density at radius 3 is 2.76 bits per heavy atom. The van der Waals surface area contributed by atoms with E-state index in [1.54, 1.807) is 11.3 Å². The molecule has 3 aromatic rings. The van der Waals surface area contributed by atoms with Crippen molar-refractivity contribution >= 4 is 21.6 Å². The molecule has 0 fully saturated rings. The molecule has 108 valence electrons. The number of hydrogen-bond donors (Lipinski definition) is 1. The van der Waals surface area contributed by atoms with Crippen LogP contribution in [0.5, 0.6) is 5.75 Å². The summed E-state index contributed by atoms with van der Waals surface area (Å²) < 4.78 is 7.09. The van der Waals surface area contributed by atoms with Crippen molar-refractivity contribution in [1.29, 1.82) is 0 Å². The van der Waals surface area contributed by atoms with Crippen molar-refractivity contribution in [1.82, 2.24) is 4.98 Å². The molecule has 2 aromatic carbocycles. The van der Waals surface area contributed by atoms with Gasteiger partial charge < -0.3 is 10.5 Å². The molecule has 0 saturated carbocycles. The summed E-state index contributed by atoms with van der Waals surface area (Å²) in [5.74, 6) is 0.888. The Balaban J connectivity index is 1.75. The van der Waals surface area contributed by atoms with Crippen LogP contribution < -0.4 is 10.5 Å². The van der Waals surface area contributed by atoms with E-state index in [0.717, 1.165) is 27.4 Å². The predicted octanol–water partition coefficient (Wildman–Crippen LogP) is 4.20. The highest BCUT2D eigenvalue weighted by molar-refractivity contribution is 7.18. The highest BCUT2D eigenvalue weighted by Gasteiger charge is 2.07. The minimum atomic E-state index is 0.0435. The van der Waals surface area contributed by atoms with Crippen LogP contribution in [0.1, 0.15) is 29.1 Å². The van der Waals surface area contributed by atoms with Gasteiger partial charge in [0, 0.05) is 6.04 Å². The summed E-state index contributed by atoms with van der Waals surface area (Å²) in [6, 6.07) is 14.3. The number of thiazole rings is 1. The minimum absolute atomic E-state index is 0.0435. The summed E-state index contributed by atoms with van der Waals surface area (Å²) in [5.41, 5.74) is 9.15. The third-order valence-electron chi connectivity index (χ3n) is 3.41. The number of ether oxygens (including phenoxy) is 1. The Bertz CT molecular complexity index is 731. The van der Waals surface area contributed by atoms with Crippen LogP contribution in [0.2, 0.25) is 0 Å². The Morgan fingerprint density at radius 2 is 2.05 bits per heavy atom. The lowest BCUT2D eigenvalue weighted by Gasteiger charge is -2.11. The van der Waals surface area contributed by atoms with Gasteiger partial charge in [-0.3, -0.25) is 0 Å². The molecular formula is C17H18N2OS. The van der Waals surface area contributed by atoms with Gasteiger partial charge >= 0.3 is 0 Å². The Hall–Kier alpha value is -1.91. The van der Waals surface area contributed by atoms with E-state index in [9.17, 15) is 0 Å². The van der Waals surface area contributed by atoms with Gasteiger partial charge in [-0.25, -0.2) is 4.98 Å². The summed E-state index contributed by atoms with van der Waals surface area (Å²) >= 11 is 1.67. The molecule has 1 aromatic heterocycles. The standard InChI is InChI=1S/C17H18N2OS/c1-11-9-13(12(2)18)7-8-15(11)20-10-17-19-14-5-3-4-6-16(14)21-17/h3-9,12H,10,18H2,1-2H3. The van der Waals surface area contributed by atoms with Gasteiger partial charge in [0.05, 0.1) is 10.2 Å². The van der Waals surface area contributed by atoms with Crippen LogP contribution >= 0.6 is 11.3 Å². The summed E-state index contributed by atoms with van der Waals surface area (Å²) in [4.78, 5) is 4.58. The first kappa shape index (κ1) is 14.0. The van der Waals surface area contributed by atoms with Gasteiger partial charge in [0.15, 0.2) is 0 Å². The van der Waals surface area contributed by atoms with Crippen molar-refractivity contribution in [3.63, 3.8) is 0 Å². The number of hydrogen-bond acceptors (Lipinski definition) is 4. The number of rotatable bonds is 4. The third kappa shape index (κ3) is 3.06. The van der Waals surface area contributed by atoms with Crippen LogP contribution in [0.3, 0.4) is 0 Å². The molecule has 0 spiro atoms. The lowest BCUT2D eigenvalue weighted by molar-refractivity contribution is 0.303. The fraction of sp³-hybridized carbons (Fsp3) is 0.235. The highest BCUT2D eigenvalue weighted by atomic mass is 32.1. The van der Waals surface area contributed by atoms with Crippen molar-refractivity contribution in [3.05, 3.63) is 58.6 Å². The topological polar surface area (TPSA) is 48.1 Å². The van der Waals surface area contributed by atoms with Crippen molar-refractivity contribution < 1.29 is 4.74 Å². The van der Waals surface area contributed by atoms with E-state index in [1.165, 1.54) is 4.70 Å². The van der Waals surface area contributed by atoms with Crippen molar-refractivity contribution in [2.75, 3.05) is 0 Å². The second kappa shape index (κ2) is 5.84. The van der Waals surface area contributed by atoms with Crippen LogP contribution in [-0.4, -0.2) is 4.98 Å². The number of fused-ring (bicyclic) bond motifs is 1. The maximum absolute atomic E-state index is 5.89. The van der Waals surface area contributed by atoms with E-state index < -0.39 is 0 Å². The van der Waals surface area contributed by atoms with Crippen molar-refractivity contribution in [2.24, 2.45) is 5.73 Å². The van der Waals surface area contributed by atoms with Crippen LogP contribution in [0.15, 0.2) is 42.5 Å². The normalized spacial score (nSPS) is 12.5. The van der Waals surface area contributed by atoms with E-state index in [1.807, 2.05) is 44.2 Å². The zero-order valence-electron chi connectivity index (χ0n) is 12.2. The van der Waals surface area contributed by atoms with Crippen molar-refractivity contribution in [3.8, 4) is 5.75 Å². The first-order valence-corrected chi connectivity index (χ1v) is 7.78. The molecule has 21 heavy (non-hydrogen) atoms. The van der Waals surface area contributed by atoms with Crippen molar-refractivity contribution in [2.45, 2.75) is 26.5 Å². The first-order valence-electron chi connectivity index (χ1n) is 6.97. The molecule has 1 atom stereocenters. The van der Waals surface area contributed by atoms with Gasteiger partial charge in [0.25, 0.3) is 0 Å². The number of aryl methyl sites for hydroxylation is 1. The molecule has 4 heteroatoms. The lowest BCUT2D eigenvalue weighted by Crippen LogP contribution is -2.05. The van der Waals surface area contributed by atoms with Crippen LogP contribution in [0.25, 0.3) is 10.2 Å². The molecule has 0 aliphatic heterocycles. The van der Waals surface area contributed by atoms with E-state index >= 15 is 0 Å². The molecular weight excluding hydrogens is 280 g/mol. The molecule has 2 N–H and O–H groups in total. The monoisotopic (exact) mass is 298 g/mol. The Morgan fingerprint density at radius 1 is 1.24 bits per heavy atom. The quantitative estimate of drug-likeness (QED) is 0.785. The molecule has 3 nitrogen and oxygen atoms in total. The number of benzene rings is 2. The smallest absolute Gasteiger partial charge is 0.140 e. The molecule has 3 rings (SSSR count). The van der Waals surface area contributed by atoms with Gasteiger partial charge in [-0.2, -0.15) is 0 Å². The Kier molecular flexibility index (Phi) is 3.90. The third-order valence-corrected chi connectivity index (χ3v) is 4.42. The molecule has 0 radical (unpaired) electrons. The minimum Gasteiger partial charge on any atom is -0.486 e. The van der Waals surface area contributed by atoms with E-state index in [0.29, 0.717) is 6.61 Å². The number of nitrogens with two attached hydrogens (primary N) is 1. The van der Waals surface area contributed by atoms with E-state index in [4.69, 9.17) is 10.5 Å². The Labute approximate surface area is 128 Å². The van der Waals surface area contributed by atoms with E-state index in [2.05, 4.69) is 17.1 Å². The number of para-hydroxylation sites is 1. The maximum atomic E-state index is 5.89. The average Bonchev–Trinajstić information content (AvgIpc) is 2.88. The summed E-state index contributed by atoms with van der Waals surface area (Å²) in [7, 11) is 0. The lowest BCUT2D eigenvalue weighted by atomic mass is 10.1. The average molecular weight is 298 g/mol. The molecule has 0 saturated heterocycles. The second-order valence-corrected chi connectivity index (χ2v) is 6.29. The zero-order valence-corrected chi connectivity index (χ0v) is 13.0. The largest absolute Gasteiger partial charge is 0.486 e. The first-order chi connectivity index (χ1) is 10.1. The SMILES string of the molecule is Cc1cc(C(C)N)ccc1OCc1nc2ccccc2s1. The number of aromatic nitrogens is 1. The molecule has 0 aliphatic rings. The fourth-order valence-electron chi connectivity index (χ4n) is 2.24. The predicted molar refractivity (Wildman–Crippen MR) is 87.7 cm³/mol. The summed E-state index contributed by atoms with van der Waals surface area (Å²) in [6.07, 6.45) is 0. The van der Waals surface area contributed by atoms with E-state index in [-0.39, 0.29) is 6.04 Å². The van der Waals surface area contributed by atoms with Gasteiger partial charge in [-0.05, 0) is 43.2 Å². The molecule has 0 aliphatic carbocycles. The van der Waals surface area contributed by atoms with Gasteiger partial charge in [-0.15, -0.1) is 11.3 Å². The highest BCUT2D eigenvalue weighted by Crippen LogP contribution is 2.25. The zero-order chi connectivity index (χ0) is 14.8. The molecule has 0 amide bonds. The van der Waals surface area contributed by atoms with Crippen LogP contribution in [-0.2, 0) is 6.61 Å². The van der Waals surface area contributed by atoms with Crippen LogP contribution in [0, 0.1) is 6.92 Å². The number of nitrogens with zero attached hydrogens (tertiary/aromatic N) is 1. The second-order valence-electron chi connectivity index (χ2n) is 5.18. The maximum Gasteiger partial charge on any atom is 0.140 e.